The van der Waals surface area contributed by atoms with E-state index in [1.54, 1.807) is 0 Å². The minimum absolute atomic E-state index is 0.184. The van der Waals surface area contributed by atoms with Crippen molar-refractivity contribution >= 4 is 5.91 Å². The smallest absolute Gasteiger partial charge is 0.234 e. The third-order valence-electron chi connectivity index (χ3n) is 5.09. The van der Waals surface area contributed by atoms with Crippen molar-refractivity contribution in [2.45, 2.75) is 51.2 Å². The summed E-state index contributed by atoms with van der Waals surface area (Å²) >= 11 is 0. The van der Waals surface area contributed by atoms with Crippen molar-refractivity contribution in [3.63, 3.8) is 0 Å². The van der Waals surface area contributed by atoms with Crippen LogP contribution >= 0.6 is 0 Å². The van der Waals surface area contributed by atoms with Crippen LogP contribution in [0.5, 0.6) is 0 Å². The number of nitrogens with two attached hydrogens (primary N) is 1. The summed E-state index contributed by atoms with van der Waals surface area (Å²) < 4.78 is 0. The second-order valence-corrected chi connectivity index (χ2v) is 6.80. The molecule has 5 nitrogen and oxygen atoms in total. The third kappa shape index (κ3) is 3.93. The molecule has 1 unspecified atom stereocenters. The Morgan fingerprint density at radius 2 is 1.85 bits per heavy atom. The minimum Gasteiger partial charge on any atom is -0.389 e. The number of carbonyl (C=O) groups is 1. The van der Waals surface area contributed by atoms with Gasteiger partial charge in [-0.3, -0.25) is 14.6 Å². The van der Waals surface area contributed by atoms with Crippen molar-refractivity contribution < 1.29 is 9.90 Å². The van der Waals surface area contributed by atoms with Gasteiger partial charge >= 0.3 is 0 Å². The topological polar surface area (TPSA) is 69.8 Å². The summed E-state index contributed by atoms with van der Waals surface area (Å²) in [5.74, 6) is 0.502. The number of piperazine rings is 1. The Labute approximate surface area is 122 Å². The van der Waals surface area contributed by atoms with Gasteiger partial charge in [0.15, 0.2) is 0 Å². The van der Waals surface area contributed by atoms with Crippen LogP contribution in [-0.2, 0) is 4.79 Å². The molecule has 1 saturated carbocycles. The summed E-state index contributed by atoms with van der Waals surface area (Å²) in [5, 5.41) is 10.7. The van der Waals surface area contributed by atoms with Crippen molar-refractivity contribution in [3.05, 3.63) is 0 Å². The Balaban J connectivity index is 1.78. The lowest BCUT2D eigenvalue weighted by Crippen LogP contribution is -2.56. The molecule has 20 heavy (non-hydrogen) atoms. The number of rotatable bonds is 4. The molecule has 1 atom stereocenters. The number of primary amides is 1. The van der Waals surface area contributed by atoms with Crippen LogP contribution in [0.2, 0.25) is 0 Å². The highest BCUT2D eigenvalue weighted by molar-refractivity contribution is 5.79. The van der Waals surface area contributed by atoms with Crippen LogP contribution in [0.25, 0.3) is 0 Å². The van der Waals surface area contributed by atoms with E-state index in [-0.39, 0.29) is 11.9 Å². The van der Waals surface area contributed by atoms with Crippen molar-refractivity contribution in [3.8, 4) is 0 Å². The van der Waals surface area contributed by atoms with Crippen LogP contribution < -0.4 is 5.73 Å². The van der Waals surface area contributed by atoms with Gasteiger partial charge in [0.25, 0.3) is 0 Å². The maximum Gasteiger partial charge on any atom is 0.234 e. The molecule has 5 heteroatoms. The molecule has 2 fully saturated rings. The summed E-state index contributed by atoms with van der Waals surface area (Å²) in [7, 11) is 0. The zero-order valence-corrected chi connectivity index (χ0v) is 12.8. The molecule has 0 spiro atoms. The van der Waals surface area contributed by atoms with E-state index >= 15 is 0 Å². The molecule has 1 aliphatic heterocycles. The number of carbonyl (C=O) groups excluding carboxylic acids is 1. The number of hydrogen-bond acceptors (Lipinski definition) is 4. The van der Waals surface area contributed by atoms with Gasteiger partial charge in [0.2, 0.25) is 5.91 Å². The number of aliphatic hydroxyl groups is 1. The van der Waals surface area contributed by atoms with Crippen molar-refractivity contribution in [1.29, 1.82) is 0 Å². The molecular weight excluding hydrogens is 254 g/mol. The van der Waals surface area contributed by atoms with Gasteiger partial charge in [-0.15, -0.1) is 0 Å². The minimum atomic E-state index is -0.496. The standard InChI is InChI=1S/C15H29N3O2/c1-12-3-5-15(20,6-4-12)11-17-7-9-18(10-8-17)13(2)14(16)19/h12-13,20H,3-11H2,1-2H3,(H2,16,19). The zero-order valence-electron chi connectivity index (χ0n) is 12.8. The van der Waals surface area contributed by atoms with Gasteiger partial charge in [-0.25, -0.2) is 0 Å². The van der Waals surface area contributed by atoms with E-state index in [0.717, 1.165) is 64.3 Å². The predicted molar refractivity (Wildman–Crippen MR) is 79.3 cm³/mol. The molecule has 3 N–H and O–H groups in total. The lowest BCUT2D eigenvalue weighted by Gasteiger charge is -2.42. The Morgan fingerprint density at radius 1 is 1.30 bits per heavy atom. The molecule has 0 aromatic rings. The van der Waals surface area contributed by atoms with Gasteiger partial charge < -0.3 is 10.8 Å². The average molecular weight is 283 g/mol. The lowest BCUT2D eigenvalue weighted by atomic mass is 9.79. The maximum atomic E-state index is 11.2. The van der Waals surface area contributed by atoms with Crippen LogP contribution in [0.15, 0.2) is 0 Å². The molecule has 0 aromatic carbocycles. The van der Waals surface area contributed by atoms with E-state index in [4.69, 9.17) is 5.73 Å². The molecular formula is C15H29N3O2. The van der Waals surface area contributed by atoms with Crippen molar-refractivity contribution in [2.75, 3.05) is 32.7 Å². The van der Waals surface area contributed by atoms with Gasteiger partial charge in [-0.2, -0.15) is 0 Å². The first-order valence-corrected chi connectivity index (χ1v) is 7.88. The highest BCUT2D eigenvalue weighted by atomic mass is 16.3. The highest BCUT2D eigenvalue weighted by Crippen LogP contribution is 2.32. The fourth-order valence-electron chi connectivity index (χ4n) is 3.36. The average Bonchev–Trinajstić information content (AvgIpc) is 2.42. The molecule has 1 aliphatic carbocycles. The van der Waals surface area contributed by atoms with Crippen LogP contribution in [0, 0.1) is 5.92 Å². The second kappa shape index (κ2) is 6.41. The monoisotopic (exact) mass is 283 g/mol. The first kappa shape index (κ1) is 15.7. The quantitative estimate of drug-likeness (QED) is 0.784. The van der Waals surface area contributed by atoms with E-state index in [2.05, 4.69) is 16.7 Å². The normalized spacial score (nSPS) is 34.9. The van der Waals surface area contributed by atoms with E-state index < -0.39 is 5.60 Å². The van der Waals surface area contributed by atoms with E-state index in [1.807, 2.05) is 6.92 Å². The Morgan fingerprint density at radius 3 is 2.35 bits per heavy atom. The third-order valence-corrected chi connectivity index (χ3v) is 5.09. The molecule has 2 aliphatic rings. The van der Waals surface area contributed by atoms with Crippen LogP contribution in [-0.4, -0.2) is 65.2 Å². The number of amides is 1. The number of hydrogen-bond donors (Lipinski definition) is 2. The van der Waals surface area contributed by atoms with Gasteiger partial charge in [-0.1, -0.05) is 6.92 Å². The SMILES string of the molecule is CC1CCC(O)(CN2CCN(C(C)C(N)=O)CC2)CC1. The predicted octanol–water partition coefficient (Wildman–Crippen LogP) is 0.419. The van der Waals surface area contributed by atoms with E-state index in [1.165, 1.54) is 0 Å². The molecule has 1 saturated heterocycles. The molecule has 1 heterocycles. The van der Waals surface area contributed by atoms with Gasteiger partial charge in [-0.05, 0) is 38.5 Å². The summed E-state index contributed by atoms with van der Waals surface area (Å²) in [5.41, 5.74) is 4.85. The lowest BCUT2D eigenvalue weighted by molar-refractivity contribution is -0.123. The van der Waals surface area contributed by atoms with Gasteiger partial charge in [0, 0.05) is 32.7 Å². The first-order chi connectivity index (χ1) is 9.39. The molecule has 0 aromatic heterocycles. The van der Waals surface area contributed by atoms with E-state index in [9.17, 15) is 9.90 Å². The summed E-state index contributed by atoms with van der Waals surface area (Å²) in [4.78, 5) is 15.7. The Hall–Kier alpha value is -0.650. The molecule has 0 radical (unpaired) electrons. The number of β-amino-alcohol motifs (C(OH)–C–C–N with tert-alkyl or cyclic N) is 1. The molecule has 1 amide bonds. The fraction of sp³-hybridized carbons (Fsp3) is 0.933. The Bertz CT molecular complexity index is 332. The van der Waals surface area contributed by atoms with Gasteiger partial charge in [0.05, 0.1) is 11.6 Å². The first-order valence-electron chi connectivity index (χ1n) is 7.88. The zero-order chi connectivity index (χ0) is 14.8. The van der Waals surface area contributed by atoms with Crippen LogP contribution in [0.4, 0.5) is 0 Å². The maximum absolute atomic E-state index is 11.2. The summed E-state index contributed by atoms with van der Waals surface area (Å²) in [6.07, 6.45) is 4.11. The number of nitrogens with zero attached hydrogens (tertiary/aromatic N) is 2. The van der Waals surface area contributed by atoms with Crippen LogP contribution in [0.3, 0.4) is 0 Å². The molecule has 2 rings (SSSR count). The van der Waals surface area contributed by atoms with Crippen LogP contribution in [0.1, 0.15) is 39.5 Å². The largest absolute Gasteiger partial charge is 0.389 e. The molecule has 116 valence electrons. The van der Waals surface area contributed by atoms with Gasteiger partial charge in [0.1, 0.15) is 0 Å². The molecule has 0 bridgehead atoms. The van der Waals surface area contributed by atoms with Crippen molar-refractivity contribution in [1.82, 2.24) is 9.80 Å². The summed E-state index contributed by atoms with van der Waals surface area (Å²) in [6.45, 7) is 8.45. The van der Waals surface area contributed by atoms with Crippen molar-refractivity contribution in [2.24, 2.45) is 11.7 Å². The second-order valence-electron chi connectivity index (χ2n) is 6.80. The highest BCUT2D eigenvalue weighted by Gasteiger charge is 2.35. The summed E-state index contributed by atoms with van der Waals surface area (Å²) in [6, 6.07) is -0.184. The van der Waals surface area contributed by atoms with E-state index in [0.29, 0.717) is 0 Å². The fourth-order valence-corrected chi connectivity index (χ4v) is 3.36. The Kier molecular flexibility index (Phi) is 5.04.